The van der Waals surface area contributed by atoms with E-state index in [-0.39, 0.29) is 12.6 Å². The predicted molar refractivity (Wildman–Crippen MR) is 123 cm³/mol. The molecule has 2 heterocycles. The quantitative estimate of drug-likeness (QED) is 0.526. The van der Waals surface area contributed by atoms with Crippen molar-refractivity contribution in [2.24, 2.45) is 0 Å². The summed E-state index contributed by atoms with van der Waals surface area (Å²) in [6.45, 7) is 0.482. The molecule has 32 heavy (non-hydrogen) atoms. The second kappa shape index (κ2) is 8.24. The van der Waals surface area contributed by atoms with Crippen molar-refractivity contribution in [2.75, 3.05) is 13.9 Å². The Labute approximate surface area is 193 Å². The van der Waals surface area contributed by atoms with Gasteiger partial charge in [-0.25, -0.2) is 0 Å². The number of halogens is 1. The van der Waals surface area contributed by atoms with Gasteiger partial charge in [0.1, 0.15) is 5.75 Å². The molecule has 7 heteroatoms. The Balaban J connectivity index is 1.58. The first-order valence-electron chi connectivity index (χ1n) is 10.1. The first-order chi connectivity index (χ1) is 15.6. The number of ether oxygens (including phenoxy) is 3. The van der Waals surface area contributed by atoms with Crippen LogP contribution in [-0.4, -0.2) is 29.8 Å². The lowest BCUT2D eigenvalue weighted by atomic mass is 9.93. The molecule has 0 saturated heterocycles. The van der Waals surface area contributed by atoms with Crippen molar-refractivity contribution in [2.45, 2.75) is 12.6 Å². The number of benzene rings is 3. The van der Waals surface area contributed by atoms with Crippen LogP contribution in [0.15, 0.2) is 77.0 Å². The van der Waals surface area contributed by atoms with Gasteiger partial charge in [-0.3, -0.25) is 4.79 Å². The third-order valence-electron chi connectivity index (χ3n) is 5.69. The molecular formula is C25H20BrNO5. The second-order valence-corrected chi connectivity index (χ2v) is 8.39. The van der Waals surface area contributed by atoms with Crippen LogP contribution >= 0.6 is 15.9 Å². The number of hydrogen-bond acceptors (Lipinski definition) is 5. The van der Waals surface area contributed by atoms with Crippen LogP contribution < -0.4 is 14.2 Å². The SMILES string of the molecule is COc1ccc(C2=C(O)C(=O)N(Cc3ccc4c(c3)OCO4)[C@@H]2c2ccccc2Br)cc1. The molecule has 0 fully saturated rings. The Kier molecular flexibility index (Phi) is 5.27. The maximum atomic E-state index is 13.3. The lowest BCUT2D eigenvalue weighted by molar-refractivity contribution is -0.130. The van der Waals surface area contributed by atoms with E-state index in [1.807, 2.05) is 66.7 Å². The van der Waals surface area contributed by atoms with Gasteiger partial charge in [0.25, 0.3) is 5.91 Å². The largest absolute Gasteiger partial charge is 0.503 e. The number of methoxy groups -OCH3 is 1. The molecular weight excluding hydrogens is 474 g/mol. The molecule has 1 amide bonds. The number of rotatable bonds is 5. The molecule has 1 atom stereocenters. The van der Waals surface area contributed by atoms with Crippen molar-refractivity contribution in [3.63, 3.8) is 0 Å². The summed E-state index contributed by atoms with van der Waals surface area (Å²) in [5.74, 6) is 1.36. The summed E-state index contributed by atoms with van der Waals surface area (Å²) >= 11 is 3.62. The molecule has 162 valence electrons. The highest BCUT2D eigenvalue weighted by Crippen LogP contribution is 2.46. The van der Waals surface area contributed by atoms with Crippen molar-refractivity contribution in [3.05, 3.63) is 93.7 Å². The fraction of sp³-hybridized carbons (Fsp3) is 0.160. The first-order valence-corrected chi connectivity index (χ1v) is 10.9. The maximum Gasteiger partial charge on any atom is 0.290 e. The fourth-order valence-electron chi connectivity index (χ4n) is 4.14. The van der Waals surface area contributed by atoms with E-state index in [2.05, 4.69) is 15.9 Å². The minimum absolute atomic E-state index is 0.185. The summed E-state index contributed by atoms with van der Waals surface area (Å²) in [5.41, 5.74) is 3.08. The molecule has 3 aromatic rings. The topological polar surface area (TPSA) is 68.2 Å². The molecule has 6 nitrogen and oxygen atoms in total. The van der Waals surface area contributed by atoms with Gasteiger partial charge in [0.05, 0.1) is 13.2 Å². The highest BCUT2D eigenvalue weighted by atomic mass is 79.9. The third-order valence-corrected chi connectivity index (χ3v) is 6.42. The number of amides is 1. The smallest absolute Gasteiger partial charge is 0.290 e. The molecule has 0 bridgehead atoms. The van der Waals surface area contributed by atoms with Crippen LogP contribution in [0.4, 0.5) is 0 Å². The minimum atomic E-state index is -0.475. The predicted octanol–water partition coefficient (Wildman–Crippen LogP) is 5.24. The molecule has 2 aliphatic heterocycles. The van der Waals surface area contributed by atoms with E-state index < -0.39 is 11.9 Å². The number of aliphatic hydroxyl groups is 1. The van der Waals surface area contributed by atoms with Crippen LogP contribution in [0, 0.1) is 0 Å². The molecule has 5 rings (SSSR count). The number of carbonyl (C=O) groups excluding carboxylic acids is 1. The summed E-state index contributed by atoms with van der Waals surface area (Å²) in [6, 6.07) is 20.2. The summed E-state index contributed by atoms with van der Waals surface area (Å²) in [5, 5.41) is 11.0. The highest BCUT2D eigenvalue weighted by Gasteiger charge is 2.41. The maximum absolute atomic E-state index is 13.3. The van der Waals surface area contributed by atoms with E-state index in [9.17, 15) is 9.90 Å². The van der Waals surface area contributed by atoms with Crippen molar-refractivity contribution in [1.82, 2.24) is 4.90 Å². The van der Waals surface area contributed by atoms with E-state index >= 15 is 0 Å². The monoisotopic (exact) mass is 493 g/mol. The molecule has 1 N–H and O–H groups in total. The molecule has 0 radical (unpaired) electrons. The van der Waals surface area contributed by atoms with E-state index in [1.54, 1.807) is 12.0 Å². The van der Waals surface area contributed by atoms with Gasteiger partial charge in [-0.05, 0) is 47.0 Å². The van der Waals surface area contributed by atoms with Crippen molar-refractivity contribution in [3.8, 4) is 17.2 Å². The number of hydrogen-bond donors (Lipinski definition) is 1. The Bertz CT molecular complexity index is 1220. The van der Waals surface area contributed by atoms with Gasteiger partial charge >= 0.3 is 0 Å². The molecule has 0 spiro atoms. The zero-order valence-corrected chi connectivity index (χ0v) is 18.8. The molecule has 0 saturated carbocycles. The number of aliphatic hydroxyl groups excluding tert-OH is 1. The average Bonchev–Trinajstić information content (AvgIpc) is 3.37. The van der Waals surface area contributed by atoms with Gasteiger partial charge in [0, 0.05) is 16.6 Å². The van der Waals surface area contributed by atoms with Crippen LogP contribution in [0.3, 0.4) is 0 Å². The normalized spacial score (nSPS) is 17.2. The minimum Gasteiger partial charge on any atom is -0.503 e. The second-order valence-electron chi connectivity index (χ2n) is 7.54. The Morgan fingerprint density at radius 2 is 1.81 bits per heavy atom. The molecule has 0 aliphatic carbocycles. The number of fused-ring (bicyclic) bond motifs is 1. The first kappa shape index (κ1) is 20.5. The van der Waals surface area contributed by atoms with Gasteiger partial charge < -0.3 is 24.2 Å². The van der Waals surface area contributed by atoms with Crippen LogP contribution in [0.2, 0.25) is 0 Å². The van der Waals surface area contributed by atoms with Crippen LogP contribution in [-0.2, 0) is 11.3 Å². The van der Waals surface area contributed by atoms with Crippen molar-refractivity contribution < 1.29 is 24.1 Å². The van der Waals surface area contributed by atoms with Crippen LogP contribution in [0.1, 0.15) is 22.7 Å². The van der Waals surface area contributed by atoms with Crippen LogP contribution in [0.5, 0.6) is 17.2 Å². The van der Waals surface area contributed by atoms with E-state index in [1.165, 1.54) is 0 Å². The van der Waals surface area contributed by atoms with Gasteiger partial charge in [-0.15, -0.1) is 0 Å². The molecule has 2 aliphatic rings. The fourth-order valence-corrected chi connectivity index (χ4v) is 4.64. The van der Waals surface area contributed by atoms with Gasteiger partial charge in [0.2, 0.25) is 6.79 Å². The van der Waals surface area contributed by atoms with E-state index in [0.717, 1.165) is 21.2 Å². The van der Waals surface area contributed by atoms with Gasteiger partial charge in [-0.1, -0.05) is 52.3 Å². The zero-order valence-electron chi connectivity index (χ0n) is 17.2. The molecule has 0 aromatic heterocycles. The lowest BCUT2D eigenvalue weighted by Gasteiger charge is -2.28. The van der Waals surface area contributed by atoms with Crippen molar-refractivity contribution in [1.29, 1.82) is 0 Å². The lowest BCUT2D eigenvalue weighted by Crippen LogP contribution is -2.30. The summed E-state index contributed by atoms with van der Waals surface area (Å²) in [4.78, 5) is 14.9. The number of carbonyl (C=O) groups is 1. The Morgan fingerprint density at radius 1 is 1.06 bits per heavy atom. The van der Waals surface area contributed by atoms with Gasteiger partial charge in [-0.2, -0.15) is 0 Å². The molecule has 0 unspecified atom stereocenters. The van der Waals surface area contributed by atoms with Crippen molar-refractivity contribution >= 4 is 27.4 Å². The summed E-state index contributed by atoms with van der Waals surface area (Å²) < 4.78 is 17.0. The third kappa shape index (κ3) is 3.48. The van der Waals surface area contributed by atoms with Crippen LogP contribution in [0.25, 0.3) is 5.57 Å². The average molecular weight is 494 g/mol. The number of nitrogens with zero attached hydrogens (tertiary/aromatic N) is 1. The van der Waals surface area contributed by atoms with E-state index in [0.29, 0.717) is 29.4 Å². The van der Waals surface area contributed by atoms with E-state index in [4.69, 9.17) is 14.2 Å². The summed E-state index contributed by atoms with van der Waals surface area (Å²) in [7, 11) is 1.60. The summed E-state index contributed by atoms with van der Waals surface area (Å²) in [6.07, 6.45) is 0. The van der Waals surface area contributed by atoms with Gasteiger partial charge in [0.15, 0.2) is 17.3 Å². The zero-order chi connectivity index (χ0) is 22.2. The molecule has 3 aromatic carbocycles. The standard InChI is InChI=1S/C25H20BrNO5/c1-30-17-9-7-16(8-10-17)22-23(18-4-2-3-5-19(18)26)27(25(29)24(22)28)13-15-6-11-20-21(12-15)32-14-31-20/h2-12,23,28H,13-14H2,1H3/t23-/m1/s1. The highest BCUT2D eigenvalue weighted by molar-refractivity contribution is 9.10. The Hall–Kier alpha value is -3.45. The Morgan fingerprint density at radius 3 is 2.56 bits per heavy atom.